The minimum absolute atomic E-state index is 0.169. The van der Waals surface area contributed by atoms with Gasteiger partial charge in [0.2, 0.25) is 0 Å². The molecule has 1 N–H and O–H groups in total. The quantitative estimate of drug-likeness (QED) is 0.593. The summed E-state index contributed by atoms with van der Waals surface area (Å²) in [4.78, 5) is 11.0. The third kappa shape index (κ3) is 12.4. The van der Waals surface area contributed by atoms with Crippen molar-refractivity contribution in [2.45, 2.75) is 63.8 Å². The maximum absolute atomic E-state index is 11.9. The van der Waals surface area contributed by atoms with E-state index in [2.05, 4.69) is 0 Å². The molecule has 0 spiro atoms. The van der Waals surface area contributed by atoms with Gasteiger partial charge in [-0.3, -0.25) is 4.79 Å². The van der Waals surface area contributed by atoms with Crippen molar-refractivity contribution in [3.05, 3.63) is 0 Å². The Morgan fingerprint density at radius 3 is 2.21 bits per heavy atom. The molecule has 0 aliphatic carbocycles. The van der Waals surface area contributed by atoms with Crippen LogP contribution in [0.25, 0.3) is 0 Å². The zero-order chi connectivity index (χ0) is 14.9. The fraction of sp³-hybridized carbons (Fsp3) is 0.923. The Bertz CT molecular complexity index is 255. The predicted molar refractivity (Wildman–Crippen MR) is 72.5 cm³/mol. The molecular weight excluding hydrogens is 277 g/mol. The highest BCUT2D eigenvalue weighted by Crippen LogP contribution is 2.24. The van der Waals surface area contributed by atoms with E-state index in [-0.39, 0.29) is 6.42 Å². The second kappa shape index (κ2) is 9.50. The molecule has 2 nitrogen and oxygen atoms in total. The van der Waals surface area contributed by atoms with Crippen LogP contribution in [0.3, 0.4) is 0 Å². The Morgan fingerprint density at radius 2 is 1.74 bits per heavy atom. The molecule has 6 heteroatoms. The number of carboxylic acid groups (broad SMARTS) is 1. The first-order valence-electron chi connectivity index (χ1n) is 6.63. The average Bonchev–Trinajstić information content (AvgIpc) is 2.23. The lowest BCUT2D eigenvalue weighted by Crippen LogP contribution is -2.19. The maximum Gasteiger partial charge on any atom is 0.389 e. The van der Waals surface area contributed by atoms with Gasteiger partial charge >= 0.3 is 12.1 Å². The lowest BCUT2D eigenvalue weighted by atomic mass is 10.1. The fourth-order valence-electron chi connectivity index (χ4n) is 1.67. The van der Waals surface area contributed by atoms with Gasteiger partial charge in [0.05, 0.1) is 0 Å². The monoisotopic (exact) mass is 300 g/mol. The first kappa shape index (κ1) is 18.6. The Hall–Kier alpha value is -0.390. The van der Waals surface area contributed by atoms with Crippen LogP contribution in [0.2, 0.25) is 0 Å². The molecule has 0 bridgehead atoms. The molecule has 0 heterocycles. The Morgan fingerprint density at radius 1 is 1.16 bits per heavy atom. The smallest absolute Gasteiger partial charge is 0.389 e. The number of thioether (sulfide) groups is 1. The summed E-state index contributed by atoms with van der Waals surface area (Å²) in [7, 11) is 0. The number of carboxylic acids is 1. The standard InChI is InChI=1S/C13H23F3O2S/c1-10(2)9-11(12(17)18)19-8-6-4-3-5-7-13(14,15)16/h10-11H,3-9H2,1-2H3,(H,17,18). The Balaban J connectivity index is 3.58. The van der Waals surface area contributed by atoms with Gasteiger partial charge in [-0.15, -0.1) is 11.8 Å². The zero-order valence-electron chi connectivity index (χ0n) is 11.5. The molecular formula is C13H23F3O2S. The second-order valence-corrected chi connectivity index (χ2v) is 6.42. The minimum atomic E-state index is -4.06. The van der Waals surface area contributed by atoms with E-state index in [0.717, 1.165) is 12.8 Å². The molecule has 114 valence electrons. The highest BCUT2D eigenvalue weighted by atomic mass is 32.2. The van der Waals surface area contributed by atoms with Gasteiger partial charge in [0.25, 0.3) is 0 Å². The lowest BCUT2D eigenvalue weighted by Gasteiger charge is -2.14. The van der Waals surface area contributed by atoms with E-state index in [4.69, 9.17) is 5.11 Å². The van der Waals surface area contributed by atoms with Crippen molar-refractivity contribution >= 4 is 17.7 Å². The number of halogens is 3. The summed E-state index contributed by atoms with van der Waals surface area (Å²) in [6.07, 6.45) is -1.90. The third-order valence-electron chi connectivity index (χ3n) is 2.63. The van der Waals surface area contributed by atoms with Crippen LogP contribution < -0.4 is 0 Å². The molecule has 0 radical (unpaired) electrons. The highest BCUT2D eigenvalue weighted by Gasteiger charge is 2.25. The summed E-state index contributed by atoms with van der Waals surface area (Å²) in [5.41, 5.74) is 0. The molecule has 0 aliphatic rings. The van der Waals surface area contributed by atoms with Crippen LogP contribution in [0.4, 0.5) is 13.2 Å². The molecule has 0 amide bonds. The van der Waals surface area contributed by atoms with Crippen LogP contribution in [-0.4, -0.2) is 28.3 Å². The van der Waals surface area contributed by atoms with E-state index in [1.54, 1.807) is 0 Å². The van der Waals surface area contributed by atoms with Crippen molar-refractivity contribution in [3.63, 3.8) is 0 Å². The highest BCUT2D eigenvalue weighted by molar-refractivity contribution is 8.00. The molecule has 0 aliphatic heterocycles. The summed E-state index contributed by atoms with van der Waals surface area (Å²) in [6, 6.07) is 0. The fourth-order valence-corrected chi connectivity index (χ4v) is 2.99. The van der Waals surface area contributed by atoms with Crippen molar-refractivity contribution in [3.8, 4) is 0 Å². The SMILES string of the molecule is CC(C)CC(SCCCCCCC(F)(F)F)C(=O)O. The van der Waals surface area contributed by atoms with Crippen LogP contribution in [0.1, 0.15) is 52.4 Å². The number of carbonyl (C=O) groups is 1. The van der Waals surface area contributed by atoms with Gasteiger partial charge in [-0.2, -0.15) is 13.2 Å². The van der Waals surface area contributed by atoms with Crippen LogP contribution in [-0.2, 0) is 4.79 Å². The molecule has 0 saturated heterocycles. The molecule has 19 heavy (non-hydrogen) atoms. The van der Waals surface area contributed by atoms with E-state index >= 15 is 0 Å². The van der Waals surface area contributed by atoms with Gasteiger partial charge in [0, 0.05) is 6.42 Å². The zero-order valence-corrected chi connectivity index (χ0v) is 12.3. The number of aliphatic carboxylic acids is 1. The Kier molecular flexibility index (Phi) is 9.31. The first-order chi connectivity index (χ1) is 8.72. The van der Waals surface area contributed by atoms with E-state index in [1.165, 1.54) is 11.8 Å². The van der Waals surface area contributed by atoms with Crippen molar-refractivity contribution < 1.29 is 23.1 Å². The maximum atomic E-state index is 11.9. The molecule has 0 rings (SSSR count). The summed E-state index contributed by atoms with van der Waals surface area (Å²) in [5.74, 6) is 0.242. The van der Waals surface area contributed by atoms with Crippen LogP contribution >= 0.6 is 11.8 Å². The van der Waals surface area contributed by atoms with Gasteiger partial charge in [0.1, 0.15) is 5.25 Å². The lowest BCUT2D eigenvalue weighted by molar-refractivity contribution is -0.137. The first-order valence-corrected chi connectivity index (χ1v) is 7.68. The number of rotatable bonds is 10. The number of hydrogen-bond acceptors (Lipinski definition) is 2. The van der Waals surface area contributed by atoms with Crippen molar-refractivity contribution in [1.29, 1.82) is 0 Å². The van der Waals surface area contributed by atoms with Crippen LogP contribution in [0.15, 0.2) is 0 Å². The van der Waals surface area contributed by atoms with E-state index < -0.39 is 23.8 Å². The van der Waals surface area contributed by atoms with Gasteiger partial charge in [0.15, 0.2) is 0 Å². The van der Waals surface area contributed by atoms with Gasteiger partial charge < -0.3 is 5.11 Å². The summed E-state index contributed by atoms with van der Waals surface area (Å²) >= 11 is 1.40. The summed E-state index contributed by atoms with van der Waals surface area (Å²) in [5, 5.41) is 8.61. The number of alkyl halides is 3. The predicted octanol–water partition coefficient (Wildman–Crippen LogP) is 4.73. The summed E-state index contributed by atoms with van der Waals surface area (Å²) in [6.45, 7) is 3.96. The van der Waals surface area contributed by atoms with Crippen LogP contribution in [0, 0.1) is 5.92 Å². The van der Waals surface area contributed by atoms with Gasteiger partial charge in [-0.05, 0) is 30.9 Å². The second-order valence-electron chi connectivity index (χ2n) is 5.11. The molecule has 0 saturated carbocycles. The number of unbranched alkanes of at least 4 members (excludes halogenated alkanes) is 3. The van der Waals surface area contributed by atoms with Gasteiger partial charge in [-0.25, -0.2) is 0 Å². The van der Waals surface area contributed by atoms with Crippen molar-refractivity contribution in [1.82, 2.24) is 0 Å². The van der Waals surface area contributed by atoms with E-state index in [0.29, 0.717) is 24.5 Å². The number of hydrogen-bond donors (Lipinski definition) is 1. The average molecular weight is 300 g/mol. The van der Waals surface area contributed by atoms with E-state index in [9.17, 15) is 18.0 Å². The van der Waals surface area contributed by atoms with Crippen LogP contribution in [0.5, 0.6) is 0 Å². The summed E-state index contributed by atoms with van der Waals surface area (Å²) < 4.78 is 35.6. The molecule has 0 aromatic carbocycles. The normalized spacial score (nSPS) is 13.8. The largest absolute Gasteiger partial charge is 0.480 e. The molecule has 0 fully saturated rings. The van der Waals surface area contributed by atoms with E-state index in [1.807, 2.05) is 13.8 Å². The third-order valence-corrected chi connectivity index (χ3v) is 3.96. The Labute approximate surface area is 117 Å². The molecule has 1 unspecified atom stereocenters. The van der Waals surface area contributed by atoms with Gasteiger partial charge in [-0.1, -0.05) is 26.7 Å². The topological polar surface area (TPSA) is 37.3 Å². The minimum Gasteiger partial charge on any atom is -0.480 e. The van der Waals surface area contributed by atoms with Crippen molar-refractivity contribution in [2.24, 2.45) is 5.92 Å². The molecule has 0 aromatic heterocycles. The molecule has 0 aromatic rings. The van der Waals surface area contributed by atoms with Crippen molar-refractivity contribution in [2.75, 3.05) is 5.75 Å². The molecule has 1 atom stereocenters.